The van der Waals surface area contributed by atoms with Gasteiger partial charge < -0.3 is 4.74 Å². The molecule has 0 aliphatic carbocycles. The molecule has 0 spiro atoms. The van der Waals surface area contributed by atoms with Gasteiger partial charge >= 0.3 is 0 Å². The van der Waals surface area contributed by atoms with E-state index in [4.69, 9.17) is 4.74 Å². The zero-order chi connectivity index (χ0) is 8.10. The molecule has 1 nitrogen and oxygen atoms in total. The molecular formula is C9H14OSi. The molecule has 0 N–H and O–H groups in total. The van der Waals surface area contributed by atoms with Crippen molar-refractivity contribution in [3.05, 3.63) is 30.3 Å². The Morgan fingerprint density at radius 3 is 2.36 bits per heavy atom. The summed E-state index contributed by atoms with van der Waals surface area (Å²) >= 11 is 0. The van der Waals surface area contributed by atoms with Crippen LogP contribution >= 0.6 is 0 Å². The molecule has 0 aliphatic heterocycles. The third-order valence-electron chi connectivity index (χ3n) is 1.33. The molecule has 0 bridgehead atoms. The van der Waals surface area contributed by atoms with Gasteiger partial charge in [0, 0.05) is 0 Å². The molecule has 0 atom stereocenters. The highest BCUT2D eigenvalue weighted by molar-refractivity contribution is 6.55. The average molecular weight is 166 g/mol. The Morgan fingerprint density at radius 1 is 1.18 bits per heavy atom. The summed E-state index contributed by atoms with van der Waals surface area (Å²) in [5, 5.41) is 0. The third-order valence-corrected chi connectivity index (χ3v) is 2.16. The molecule has 60 valence electrons. The van der Waals surface area contributed by atoms with Crippen molar-refractivity contribution in [1.29, 1.82) is 0 Å². The minimum absolute atomic E-state index is 0.563. The van der Waals surface area contributed by atoms with E-state index in [0.29, 0.717) is 0 Å². The first-order chi connectivity index (χ1) is 5.29. The molecule has 0 aliphatic rings. The molecule has 0 fully saturated rings. The molecule has 0 radical (unpaired) electrons. The van der Waals surface area contributed by atoms with Crippen molar-refractivity contribution in [3.63, 3.8) is 0 Å². The molecule has 0 amide bonds. The lowest BCUT2D eigenvalue weighted by Crippen LogP contribution is -2.13. The first-order valence-electron chi connectivity index (χ1n) is 3.97. The summed E-state index contributed by atoms with van der Waals surface area (Å²) in [6, 6.07) is 9.99. The van der Waals surface area contributed by atoms with E-state index in [2.05, 4.69) is 13.1 Å². The summed E-state index contributed by atoms with van der Waals surface area (Å²) in [5.74, 6) is 0.994. The first-order valence-corrected chi connectivity index (χ1v) is 7.09. The lowest BCUT2D eigenvalue weighted by molar-refractivity contribution is 0.382. The van der Waals surface area contributed by atoms with Crippen LogP contribution < -0.4 is 4.74 Å². The van der Waals surface area contributed by atoms with Crippen molar-refractivity contribution in [2.24, 2.45) is 0 Å². The van der Waals surface area contributed by atoms with Crippen molar-refractivity contribution in [1.82, 2.24) is 0 Å². The topological polar surface area (TPSA) is 9.23 Å². The summed E-state index contributed by atoms with van der Waals surface area (Å²) in [6.07, 6.45) is 0.935. The number of ether oxygens (including phenoxy) is 1. The normalized spacial score (nSPS) is 10.1. The van der Waals surface area contributed by atoms with Crippen molar-refractivity contribution in [2.45, 2.75) is 13.1 Å². The van der Waals surface area contributed by atoms with Crippen LogP contribution in [0.15, 0.2) is 30.3 Å². The second-order valence-corrected chi connectivity index (χ2v) is 6.14. The molecule has 11 heavy (non-hydrogen) atoms. The molecule has 0 aromatic heterocycles. The molecular weight excluding hydrogens is 152 g/mol. The van der Waals surface area contributed by atoms with Crippen molar-refractivity contribution < 1.29 is 4.74 Å². The first kappa shape index (κ1) is 8.33. The van der Waals surface area contributed by atoms with E-state index in [-0.39, 0.29) is 0 Å². The monoisotopic (exact) mass is 166 g/mol. The van der Waals surface area contributed by atoms with Gasteiger partial charge in [-0.25, -0.2) is 0 Å². The number of para-hydroxylation sites is 1. The van der Waals surface area contributed by atoms with Crippen LogP contribution in [0.4, 0.5) is 0 Å². The Labute approximate surface area is 69.6 Å². The average Bonchev–Trinajstić information content (AvgIpc) is 2.03. The third kappa shape index (κ3) is 3.23. The molecule has 0 unspecified atom stereocenters. The van der Waals surface area contributed by atoms with Gasteiger partial charge in [0.15, 0.2) is 0 Å². The van der Waals surface area contributed by atoms with Gasteiger partial charge in [-0.15, -0.1) is 0 Å². The van der Waals surface area contributed by atoms with Crippen LogP contribution in [0.3, 0.4) is 0 Å². The number of hydrogen-bond acceptors (Lipinski definition) is 1. The molecule has 2 heteroatoms. The molecule has 0 heterocycles. The second kappa shape index (κ2) is 4.19. The zero-order valence-electron chi connectivity index (χ0n) is 7.08. The maximum absolute atomic E-state index is 5.53. The van der Waals surface area contributed by atoms with E-state index >= 15 is 0 Å². The summed E-state index contributed by atoms with van der Waals surface area (Å²) in [7, 11) is -0.563. The largest absolute Gasteiger partial charge is 0.498 e. The Bertz CT molecular complexity index is 196. The number of rotatable bonds is 3. The van der Waals surface area contributed by atoms with E-state index < -0.39 is 8.80 Å². The van der Waals surface area contributed by atoms with E-state index in [1.54, 1.807) is 0 Å². The van der Waals surface area contributed by atoms with Gasteiger partial charge in [0.1, 0.15) is 5.75 Å². The van der Waals surface area contributed by atoms with Crippen LogP contribution in [-0.4, -0.2) is 15.0 Å². The maximum Gasteiger partial charge on any atom is 0.118 e. The zero-order valence-corrected chi connectivity index (χ0v) is 8.23. The van der Waals surface area contributed by atoms with E-state index in [0.717, 1.165) is 12.0 Å². The molecule has 1 aromatic rings. The Balaban J connectivity index is 2.39. The summed E-state index contributed by atoms with van der Waals surface area (Å²) < 4.78 is 5.53. The van der Waals surface area contributed by atoms with Crippen LogP contribution in [0.5, 0.6) is 5.75 Å². The SMILES string of the molecule is C[SiH](C)COc1ccccc1. The predicted molar refractivity (Wildman–Crippen MR) is 50.8 cm³/mol. The van der Waals surface area contributed by atoms with Gasteiger partial charge in [0.2, 0.25) is 0 Å². The van der Waals surface area contributed by atoms with Crippen molar-refractivity contribution in [3.8, 4) is 5.75 Å². The van der Waals surface area contributed by atoms with Crippen LogP contribution in [0.1, 0.15) is 0 Å². The van der Waals surface area contributed by atoms with Crippen LogP contribution in [0.25, 0.3) is 0 Å². The Kier molecular flexibility index (Phi) is 3.17. The van der Waals surface area contributed by atoms with Gasteiger partial charge in [-0.2, -0.15) is 0 Å². The highest BCUT2D eigenvalue weighted by atomic mass is 28.3. The van der Waals surface area contributed by atoms with Gasteiger partial charge in [0.05, 0.1) is 15.0 Å². The highest BCUT2D eigenvalue weighted by Gasteiger charge is 1.95. The van der Waals surface area contributed by atoms with Crippen LogP contribution in [0.2, 0.25) is 13.1 Å². The van der Waals surface area contributed by atoms with E-state index in [1.165, 1.54) is 0 Å². The van der Waals surface area contributed by atoms with E-state index in [1.807, 2.05) is 30.3 Å². The Morgan fingerprint density at radius 2 is 1.82 bits per heavy atom. The quantitative estimate of drug-likeness (QED) is 0.625. The minimum atomic E-state index is -0.563. The number of benzene rings is 1. The van der Waals surface area contributed by atoms with Gasteiger partial charge in [-0.1, -0.05) is 31.3 Å². The maximum atomic E-state index is 5.53. The van der Waals surface area contributed by atoms with E-state index in [9.17, 15) is 0 Å². The fraction of sp³-hybridized carbons (Fsp3) is 0.333. The van der Waals surface area contributed by atoms with Crippen LogP contribution in [0, 0.1) is 0 Å². The molecule has 0 saturated carbocycles. The van der Waals surface area contributed by atoms with Crippen molar-refractivity contribution >= 4 is 8.80 Å². The summed E-state index contributed by atoms with van der Waals surface area (Å²) in [4.78, 5) is 0. The molecule has 1 aromatic carbocycles. The van der Waals surface area contributed by atoms with Gasteiger partial charge in [0.25, 0.3) is 0 Å². The van der Waals surface area contributed by atoms with Gasteiger partial charge in [-0.05, 0) is 12.1 Å². The fourth-order valence-corrected chi connectivity index (χ4v) is 1.31. The minimum Gasteiger partial charge on any atom is -0.498 e. The lowest BCUT2D eigenvalue weighted by atomic mass is 10.3. The second-order valence-electron chi connectivity index (χ2n) is 3.02. The lowest BCUT2D eigenvalue weighted by Gasteiger charge is -2.06. The van der Waals surface area contributed by atoms with Crippen molar-refractivity contribution in [2.75, 3.05) is 6.23 Å². The standard InChI is InChI=1S/C9H14OSi/c1-11(2)8-10-9-6-4-3-5-7-9/h3-7,11H,8H2,1-2H3. The predicted octanol–water partition coefficient (Wildman–Crippen LogP) is 2.09. The molecule has 0 saturated heterocycles. The summed E-state index contributed by atoms with van der Waals surface area (Å²) in [5.41, 5.74) is 0. The smallest absolute Gasteiger partial charge is 0.118 e. The summed E-state index contributed by atoms with van der Waals surface area (Å²) in [6.45, 7) is 4.56. The van der Waals surface area contributed by atoms with Gasteiger partial charge in [-0.3, -0.25) is 0 Å². The molecule has 1 rings (SSSR count). The number of hydrogen-bond donors (Lipinski definition) is 0. The fourth-order valence-electron chi connectivity index (χ4n) is 0.780. The highest BCUT2D eigenvalue weighted by Crippen LogP contribution is 2.07. The van der Waals surface area contributed by atoms with Crippen LogP contribution in [-0.2, 0) is 0 Å². The Hall–Kier alpha value is -0.763.